The molecular formula is C11H9F2NO3. The molecule has 0 unspecified atom stereocenters. The Morgan fingerprint density at radius 1 is 1.59 bits per heavy atom. The summed E-state index contributed by atoms with van der Waals surface area (Å²) >= 11 is 0. The molecule has 0 aliphatic carbocycles. The highest BCUT2D eigenvalue weighted by Gasteiger charge is 2.16. The fraction of sp³-hybridized carbons (Fsp3) is 0.273. The van der Waals surface area contributed by atoms with Crippen molar-refractivity contribution in [3.8, 4) is 11.8 Å². The van der Waals surface area contributed by atoms with E-state index >= 15 is 0 Å². The molecule has 0 atom stereocenters. The lowest BCUT2D eigenvalue weighted by Gasteiger charge is -2.12. The lowest BCUT2D eigenvalue weighted by atomic mass is 9.99. The Bertz CT molecular complexity index is 480. The summed E-state index contributed by atoms with van der Waals surface area (Å²) < 4.78 is 28.5. The van der Waals surface area contributed by atoms with Crippen LogP contribution in [-0.2, 0) is 11.2 Å². The van der Waals surface area contributed by atoms with E-state index in [0.29, 0.717) is 5.56 Å². The number of ether oxygens (including phenoxy) is 1. The predicted octanol–water partition coefficient (Wildman–Crippen LogP) is 2.10. The number of carboxylic acids is 1. The first-order chi connectivity index (χ1) is 7.95. The molecule has 0 saturated heterocycles. The third-order valence-corrected chi connectivity index (χ3v) is 2.22. The molecule has 0 fully saturated rings. The summed E-state index contributed by atoms with van der Waals surface area (Å²) in [6, 6.07) is 4.35. The molecule has 0 radical (unpaired) electrons. The van der Waals surface area contributed by atoms with E-state index in [1.165, 1.54) is 19.1 Å². The molecule has 0 aliphatic rings. The number of nitriles is 1. The van der Waals surface area contributed by atoms with Gasteiger partial charge in [0.05, 0.1) is 18.1 Å². The van der Waals surface area contributed by atoms with Gasteiger partial charge < -0.3 is 9.84 Å². The number of benzene rings is 1. The van der Waals surface area contributed by atoms with Crippen molar-refractivity contribution >= 4 is 5.97 Å². The zero-order valence-electron chi connectivity index (χ0n) is 8.91. The van der Waals surface area contributed by atoms with Crippen molar-refractivity contribution in [3.63, 3.8) is 0 Å². The minimum absolute atomic E-state index is 0.0943. The minimum Gasteiger partial charge on any atom is -0.481 e. The van der Waals surface area contributed by atoms with Crippen molar-refractivity contribution in [3.05, 3.63) is 28.8 Å². The molecule has 0 amide bonds. The Balaban J connectivity index is 3.26. The van der Waals surface area contributed by atoms with Crippen molar-refractivity contribution in [1.82, 2.24) is 0 Å². The number of rotatable bonds is 4. The zero-order valence-corrected chi connectivity index (χ0v) is 8.91. The van der Waals surface area contributed by atoms with Gasteiger partial charge in [-0.05, 0) is 24.6 Å². The summed E-state index contributed by atoms with van der Waals surface area (Å²) in [4.78, 5) is 10.6. The zero-order chi connectivity index (χ0) is 13.0. The van der Waals surface area contributed by atoms with Crippen molar-refractivity contribution in [2.75, 3.05) is 0 Å². The van der Waals surface area contributed by atoms with Crippen molar-refractivity contribution in [2.45, 2.75) is 20.0 Å². The molecule has 1 rings (SSSR count). The van der Waals surface area contributed by atoms with Gasteiger partial charge in [0.25, 0.3) is 0 Å². The molecule has 0 saturated carbocycles. The van der Waals surface area contributed by atoms with Crippen molar-refractivity contribution in [1.29, 1.82) is 5.26 Å². The first kappa shape index (κ1) is 12.9. The van der Waals surface area contributed by atoms with E-state index in [0.717, 1.165) is 0 Å². The largest absolute Gasteiger partial charge is 0.481 e. The summed E-state index contributed by atoms with van der Waals surface area (Å²) in [5.41, 5.74) is 0.674. The number of aliphatic carboxylic acids is 1. The maximum atomic E-state index is 12.1. The van der Waals surface area contributed by atoms with Crippen LogP contribution in [0, 0.1) is 18.3 Å². The molecule has 90 valence electrons. The summed E-state index contributed by atoms with van der Waals surface area (Å²) in [7, 11) is 0. The van der Waals surface area contributed by atoms with Crippen molar-refractivity contribution in [2.24, 2.45) is 0 Å². The number of halogens is 2. The summed E-state index contributed by atoms with van der Waals surface area (Å²) in [5, 5.41) is 17.5. The first-order valence-corrected chi connectivity index (χ1v) is 4.65. The van der Waals surface area contributed by atoms with Crippen LogP contribution in [-0.4, -0.2) is 17.7 Å². The molecule has 0 aromatic heterocycles. The quantitative estimate of drug-likeness (QED) is 0.876. The standard InChI is InChI=1S/C11H9F2NO3/c1-6-7(5-14)2-3-9(17-11(12)13)8(6)4-10(15)16/h2-3,11H,4H2,1H3,(H,15,16). The topological polar surface area (TPSA) is 70.3 Å². The Morgan fingerprint density at radius 2 is 2.24 bits per heavy atom. The Hall–Kier alpha value is -2.16. The van der Waals surface area contributed by atoms with Crippen LogP contribution >= 0.6 is 0 Å². The van der Waals surface area contributed by atoms with Gasteiger partial charge in [0.1, 0.15) is 5.75 Å². The SMILES string of the molecule is Cc1c(C#N)ccc(OC(F)F)c1CC(=O)O. The van der Waals surface area contributed by atoms with Gasteiger partial charge in [-0.15, -0.1) is 0 Å². The fourth-order valence-corrected chi connectivity index (χ4v) is 1.43. The third-order valence-electron chi connectivity index (χ3n) is 2.22. The molecule has 0 spiro atoms. The third kappa shape index (κ3) is 3.14. The average Bonchev–Trinajstić information content (AvgIpc) is 2.22. The Labute approximate surface area is 96.0 Å². The number of hydrogen-bond donors (Lipinski definition) is 1. The second-order valence-electron chi connectivity index (χ2n) is 3.28. The first-order valence-electron chi connectivity index (χ1n) is 4.65. The average molecular weight is 241 g/mol. The van der Waals surface area contributed by atoms with E-state index in [-0.39, 0.29) is 16.9 Å². The smallest absolute Gasteiger partial charge is 0.387 e. The van der Waals surface area contributed by atoms with Gasteiger partial charge >= 0.3 is 12.6 Å². The summed E-state index contributed by atoms with van der Waals surface area (Å²) in [6.45, 7) is -1.54. The normalized spacial score (nSPS) is 10.1. The highest BCUT2D eigenvalue weighted by molar-refractivity contribution is 5.72. The van der Waals surface area contributed by atoms with Crippen LogP contribution in [0.25, 0.3) is 0 Å². The van der Waals surface area contributed by atoms with Crippen LogP contribution < -0.4 is 4.74 Å². The molecule has 17 heavy (non-hydrogen) atoms. The van der Waals surface area contributed by atoms with Crippen LogP contribution in [0.15, 0.2) is 12.1 Å². The highest BCUT2D eigenvalue weighted by atomic mass is 19.3. The summed E-state index contributed by atoms with van der Waals surface area (Å²) in [6.07, 6.45) is -0.469. The van der Waals surface area contributed by atoms with Crippen molar-refractivity contribution < 1.29 is 23.4 Å². The van der Waals surface area contributed by atoms with E-state index in [1.807, 2.05) is 6.07 Å². The van der Waals surface area contributed by atoms with Crippen LogP contribution in [0.5, 0.6) is 5.75 Å². The molecule has 1 N–H and O–H groups in total. The van der Waals surface area contributed by atoms with Crippen LogP contribution in [0.3, 0.4) is 0 Å². The van der Waals surface area contributed by atoms with Gasteiger partial charge in [-0.1, -0.05) is 0 Å². The molecule has 0 aliphatic heterocycles. The van der Waals surface area contributed by atoms with Gasteiger partial charge in [-0.3, -0.25) is 4.79 Å². The van der Waals surface area contributed by atoms with Gasteiger partial charge in [-0.25, -0.2) is 0 Å². The van der Waals surface area contributed by atoms with E-state index in [2.05, 4.69) is 4.74 Å². The second-order valence-corrected chi connectivity index (χ2v) is 3.28. The fourth-order valence-electron chi connectivity index (χ4n) is 1.43. The molecule has 4 nitrogen and oxygen atoms in total. The van der Waals surface area contributed by atoms with E-state index in [9.17, 15) is 13.6 Å². The number of carbonyl (C=O) groups is 1. The van der Waals surface area contributed by atoms with E-state index < -0.39 is 19.0 Å². The molecule has 0 bridgehead atoms. The van der Waals surface area contributed by atoms with Crippen LogP contribution in [0.1, 0.15) is 16.7 Å². The lowest BCUT2D eigenvalue weighted by molar-refractivity contribution is -0.136. The second kappa shape index (κ2) is 5.25. The monoisotopic (exact) mass is 241 g/mol. The molecule has 6 heteroatoms. The lowest BCUT2D eigenvalue weighted by Crippen LogP contribution is -2.09. The number of hydrogen-bond acceptors (Lipinski definition) is 3. The van der Waals surface area contributed by atoms with E-state index in [4.69, 9.17) is 10.4 Å². The Morgan fingerprint density at radius 3 is 2.71 bits per heavy atom. The number of alkyl halides is 2. The molecule has 1 aromatic rings. The molecular weight excluding hydrogens is 232 g/mol. The van der Waals surface area contributed by atoms with Gasteiger partial charge in [0.2, 0.25) is 0 Å². The van der Waals surface area contributed by atoms with Crippen LogP contribution in [0.2, 0.25) is 0 Å². The van der Waals surface area contributed by atoms with E-state index in [1.54, 1.807) is 0 Å². The van der Waals surface area contributed by atoms with Gasteiger partial charge in [0.15, 0.2) is 0 Å². The molecule has 1 aromatic carbocycles. The number of carboxylic acid groups (broad SMARTS) is 1. The van der Waals surface area contributed by atoms with Crippen LogP contribution in [0.4, 0.5) is 8.78 Å². The summed E-state index contributed by atoms with van der Waals surface area (Å²) in [5.74, 6) is -1.39. The maximum absolute atomic E-state index is 12.1. The number of nitrogens with zero attached hydrogens (tertiary/aromatic N) is 1. The van der Waals surface area contributed by atoms with Gasteiger partial charge in [0, 0.05) is 5.56 Å². The minimum atomic E-state index is -3.03. The highest BCUT2D eigenvalue weighted by Crippen LogP contribution is 2.27. The predicted molar refractivity (Wildman–Crippen MR) is 53.9 cm³/mol. The molecule has 0 heterocycles. The van der Waals surface area contributed by atoms with Gasteiger partial charge in [-0.2, -0.15) is 14.0 Å². The Kier molecular flexibility index (Phi) is 3.99. The maximum Gasteiger partial charge on any atom is 0.387 e.